The van der Waals surface area contributed by atoms with Gasteiger partial charge in [0.15, 0.2) is 5.11 Å². The van der Waals surface area contributed by atoms with Crippen molar-refractivity contribution in [2.75, 3.05) is 13.7 Å². The Bertz CT molecular complexity index is 707. The maximum absolute atomic E-state index is 12.4. The number of nitrogens with zero attached hydrogens (tertiary/aromatic N) is 1. The third-order valence-electron chi connectivity index (χ3n) is 3.96. The molecule has 1 aliphatic heterocycles. The molecule has 0 fully saturated rings. The quantitative estimate of drug-likeness (QED) is 0.533. The Kier molecular flexibility index (Phi) is 7.11. The van der Waals surface area contributed by atoms with E-state index in [0.717, 1.165) is 11.1 Å². The normalized spacial score (nSPS) is 16.4. The number of fused-ring (bicyclic) bond motifs is 1. The van der Waals surface area contributed by atoms with Crippen molar-refractivity contribution in [2.45, 2.75) is 32.4 Å². The molecule has 2 amide bonds. The predicted molar refractivity (Wildman–Crippen MR) is 104 cm³/mol. The standard InChI is InChI=1S/C18H24N4O3S/c1-12(11-25-3)19-18(26)21-20-17(24)10-16-15-7-5-4-6-14(15)8-9-22(16)13(2)23/h4-9,12,16H,10-11H2,1-3H3,(H,20,24)(H2,19,21,26)/t12-,16-/m0/s1. The van der Waals surface area contributed by atoms with Crippen LogP contribution in [-0.2, 0) is 14.3 Å². The molecule has 140 valence electrons. The predicted octanol–water partition coefficient (Wildman–Crippen LogP) is 1.48. The van der Waals surface area contributed by atoms with E-state index in [-0.39, 0.29) is 30.3 Å². The lowest BCUT2D eigenvalue weighted by Crippen LogP contribution is -2.50. The van der Waals surface area contributed by atoms with Gasteiger partial charge < -0.3 is 15.0 Å². The molecular formula is C18H24N4O3S. The zero-order chi connectivity index (χ0) is 19.1. The van der Waals surface area contributed by atoms with Crippen molar-refractivity contribution in [1.82, 2.24) is 21.1 Å². The average molecular weight is 376 g/mol. The molecule has 0 spiro atoms. The maximum atomic E-state index is 12.4. The van der Waals surface area contributed by atoms with Crippen molar-refractivity contribution in [1.29, 1.82) is 0 Å². The van der Waals surface area contributed by atoms with Gasteiger partial charge in [-0.25, -0.2) is 0 Å². The first-order valence-electron chi connectivity index (χ1n) is 8.32. The molecule has 0 saturated heterocycles. The Balaban J connectivity index is 1.97. The average Bonchev–Trinajstić information content (AvgIpc) is 2.60. The van der Waals surface area contributed by atoms with Crippen molar-refractivity contribution in [3.8, 4) is 0 Å². The zero-order valence-corrected chi connectivity index (χ0v) is 15.9. The van der Waals surface area contributed by atoms with Crippen molar-refractivity contribution >= 4 is 35.2 Å². The summed E-state index contributed by atoms with van der Waals surface area (Å²) < 4.78 is 5.02. The van der Waals surface area contributed by atoms with Gasteiger partial charge in [0.2, 0.25) is 11.8 Å². The third-order valence-corrected chi connectivity index (χ3v) is 4.18. The van der Waals surface area contributed by atoms with Crippen LogP contribution in [0.4, 0.5) is 0 Å². The topological polar surface area (TPSA) is 82.7 Å². The number of thiocarbonyl (C=S) groups is 1. The van der Waals surface area contributed by atoms with E-state index in [1.54, 1.807) is 18.2 Å². The molecular weight excluding hydrogens is 352 g/mol. The number of benzene rings is 1. The number of hydrazine groups is 1. The second-order valence-electron chi connectivity index (χ2n) is 6.09. The molecule has 0 radical (unpaired) electrons. The molecule has 1 aromatic carbocycles. The van der Waals surface area contributed by atoms with Crippen molar-refractivity contribution in [2.24, 2.45) is 0 Å². The molecule has 8 heteroatoms. The lowest BCUT2D eigenvalue weighted by Gasteiger charge is -2.32. The Morgan fingerprint density at radius 1 is 1.31 bits per heavy atom. The van der Waals surface area contributed by atoms with Crippen LogP contribution in [0.5, 0.6) is 0 Å². The first kappa shape index (κ1) is 19.9. The summed E-state index contributed by atoms with van der Waals surface area (Å²) in [5, 5.41) is 3.29. The van der Waals surface area contributed by atoms with E-state index in [1.165, 1.54) is 6.92 Å². The van der Waals surface area contributed by atoms with Gasteiger partial charge in [-0.15, -0.1) is 0 Å². The monoisotopic (exact) mass is 376 g/mol. The van der Waals surface area contributed by atoms with Crippen molar-refractivity contribution < 1.29 is 14.3 Å². The van der Waals surface area contributed by atoms with Crippen LogP contribution in [0.25, 0.3) is 6.08 Å². The second-order valence-corrected chi connectivity index (χ2v) is 6.50. The molecule has 7 nitrogen and oxygen atoms in total. The Morgan fingerprint density at radius 2 is 2.04 bits per heavy atom. The molecule has 0 aliphatic carbocycles. The Labute approximate surface area is 158 Å². The van der Waals surface area contributed by atoms with E-state index in [1.807, 2.05) is 37.3 Å². The van der Waals surface area contributed by atoms with Gasteiger partial charge in [0.1, 0.15) is 0 Å². The van der Waals surface area contributed by atoms with Gasteiger partial charge in [0.25, 0.3) is 0 Å². The minimum Gasteiger partial charge on any atom is -0.383 e. The zero-order valence-electron chi connectivity index (χ0n) is 15.1. The highest BCUT2D eigenvalue weighted by molar-refractivity contribution is 7.80. The summed E-state index contributed by atoms with van der Waals surface area (Å²) in [5.41, 5.74) is 7.19. The van der Waals surface area contributed by atoms with Crippen LogP contribution in [0.15, 0.2) is 30.5 Å². The van der Waals surface area contributed by atoms with E-state index in [2.05, 4.69) is 16.2 Å². The molecule has 1 aliphatic rings. The molecule has 3 N–H and O–H groups in total. The SMILES string of the molecule is COC[C@H](C)NC(=S)NNC(=O)C[C@H]1c2ccccc2C=CN1C(C)=O. The smallest absolute Gasteiger partial charge is 0.240 e. The van der Waals surface area contributed by atoms with Crippen molar-refractivity contribution in [3.63, 3.8) is 0 Å². The fourth-order valence-corrected chi connectivity index (χ4v) is 3.07. The molecule has 2 rings (SSSR count). The van der Waals surface area contributed by atoms with Gasteiger partial charge in [-0.3, -0.25) is 20.4 Å². The van der Waals surface area contributed by atoms with Crippen LogP contribution in [-0.4, -0.2) is 41.6 Å². The second kappa shape index (κ2) is 9.30. The molecule has 26 heavy (non-hydrogen) atoms. The lowest BCUT2D eigenvalue weighted by molar-refractivity contribution is -0.130. The molecule has 1 aromatic rings. The number of rotatable bonds is 5. The Morgan fingerprint density at radius 3 is 2.73 bits per heavy atom. The number of carbonyl (C=O) groups excluding carboxylic acids is 2. The van der Waals surface area contributed by atoms with Gasteiger partial charge in [-0.1, -0.05) is 24.3 Å². The number of nitrogens with one attached hydrogen (secondary N) is 3. The number of hydrogen-bond donors (Lipinski definition) is 3. The first-order valence-corrected chi connectivity index (χ1v) is 8.73. The van der Waals surface area contributed by atoms with E-state index in [9.17, 15) is 9.59 Å². The lowest BCUT2D eigenvalue weighted by atomic mass is 9.93. The molecule has 0 bridgehead atoms. The fraction of sp³-hybridized carbons (Fsp3) is 0.389. The number of ether oxygens (including phenoxy) is 1. The van der Waals surface area contributed by atoms with Crippen LogP contribution in [0.3, 0.4) is 0 Å². The Hall–Kier alpha value is -2.45. The first-order chi connectivity index (χ1) is 12.4. The molecule has 0 aromatic heterocycles. The molecule has 2 atom stereocenters. The number of amides is 2. The van der Waals surface area contributed by atoms with Crippen LogP contribution in [0, 0.1) is 0 Å². The van der Waals surface area contributed by atoms with E-state index < -0.39 is 0 Å². The summed E-state index contributed by atoms with van der Waals surface area (Å²) in [6.45, 7) is 3.89. The maximum Gasteiger partial charge on any atom is 0.240 e. The number of methoxy groups -OCH3 is 1. The van der Waals surface area contributed by atoms with E-state index >= 15 is 0 Å². The summed E-state index contributed by atoms with van der Waals surface area (Å²) in [6, 6.07) is 7.37. The number of carbonyl (C=O) groups is 2. The highest BCUT2D eigenvalue weighted by Crippen LogP contribution is 2.32. The van der Waals surface area contributed by atoms with Gasteiger partial charge in [-0.05, 0) is 36.3 Å². The van der Waals surface area contributed by atoms with Gasteiger partial charge in [-0.2, -0.15) is 0 Å². The molecule has 0 unspecified atom stereocenters. The number of hydrogen-bond acceptors (Lipinski definition) is 4. The summed E-state index contributed by atoms with van der Waals surface area (Å²) in [6.07, 6.45) is 3.71. The third kappa shape index (κ3) is 5.27. The van der Waals surface area contributed by atoms with E-state index in [0.29, 0.717) is 11.7 Å². The van der Waals surface area contributed by atoms with Crippen LogP contribution >= 0.6 is 12.2 Å². The van der Waals surface area contributed by atoms with Gasteiger partial charge in [0.05, 0.1) is 19.1 Å². The van der Waals surface area contributed by atoms with Gasteiger partial charge >= 0.3 is 0 Å². The van der Waals surface area contributed by atoms with Crippen LogP contribution in [0.2, 0.25) is 0 Å². The minimum absolute atomic E-state index is 0.0143. The van der Waals surface area contributed by atoms with Gasteiger partial charge in [0, 0.05) is 26.3 Å². The van der Waals surface area contributed by atoms with Crippen LogP contribution < -0.4 is 16.2 Å². The highest BCUT2D eigenvalue weighted by atomic mass is 32.1. The fourth-order valence-electron chi connectivity index (χ4n) is 2.82. The van der Waals surface area contributed by atoms with Crippen LogP contribution in [0.1, 0.15) is 37.4 Å². The van der Waals surface area contributed by atoms with E-state index in [4.69, 9.17) is 17.0 Å². The van der Waals surface area contributed by atoms with Crippen molar-refractivity contribution in [3.05, 3.63) is 41.6 Å². The summed E-state index contributed by atoms with van der Waals surface area (Å²) in [5.74, 6) is -0.387. The largest absolute Gasteiger partial charge is 0.383 e. The minimum atomic E-state index is -0.357. The summed E-state index contributed by atoms with van der Waals surface area (Å²) in [7, 11) is 1.60. The highest BCUT2D eigenvalue weighted by Gasteiger charge is 2.28. The molecule has 1 heterocycles. The summed E-state index contributed by atoms with van der Waals surface area (Å²) in [4.78, 5) is 25.9. The molecule has 0 saturated carbocycles. The summed E-state index contributed by atoms with van der Waals surface area (Å²) >= 11 is 5.13.